The molecular weight excluding hydrogens is 776 g/mol. The molecule has 4 N–H and O–H groups in total. The Morgan fingerprint density at radius 1 is 0.883 bits per heavy atom. The first-order valence-electron chi connectivity index (χ1n) is 23.5. The third-order valence-corrected chi connectivity index (χ3v) is 18.9. The van der Waals surface area contributed by atoms with Crippen molar-refractivity contribution < 1.29 is 35.5 Å². The molecule has 2 unspecified atom stereocenters. The number of carboxylic acids is 1. The molecule has 10 heteroatoms. The Morgan fingerprint density at radius 3 is 2.18 bits per heavy atom. The zero-order chi connectivity index (χ0) is 44.9. The van der Waals surface area contributed by atoms with E-state index in [1.54, 1.807) is 24.3 Å². The fraction of sp³-hybridized carbons (Fsp3) is 0.760. The quantitative estimate of drug-likeness (QED) is 0.120. The summed E-state index contributed by atoms with van der Waals surface area (Å²) in [7, 11) is 0. The number of carbonyl (C=O) groups excluding carboxylic acids is 3. The number of ketones is 1. The van der Waals surface area contributed by atoms with E-state index in [-0.39, 0.29) is 57.4 Å². The van der Waals surface area contributed by atoms with E-state index >= 15 is 0 Å². The van der Waals surface area contributed by atoms with Crippen LogP contribution in [0.15, 0.2) is 35.4 Å². The number of benzene rings is 1. The highest BCUT2D eigenvalue weighted by atomic mass is 35.5. The van der Waals surface area contributed by atoms with Crippen molar-refractivity contribution in [3.05, 3.63) is 46.0 Å². The number of aliphatic hydroxyl groups is 1. The van der Waals surface area contributed by atoms with E-state index < -0.39 is 41.2 Å². The molecule has 7 rings (SSSR count). The molecule has 6 aliphatic carbocycles. The number of hydrogen-bond donors (Lipinski definition) is 4. The highest BCUT2D eigenvalue weighted by Gasteiger charge is 2.70. The van der Waals surface area contributed by atoms with Crippen LogP contribution in [0.25, 0.3) is 0 Å². The number of esters is 1. The van der Waals surface area contributed by atoms with E-state index in [0.717, 1.165) is 63.4 Å². The van der Waals surface area contributed by atoms with Crippen LogP contribution in [0.3, 0.4) is 0 Å². The Labute approximate surface area is 365 Å². The van der Waals surface area contributed by atoms with E-state index in [0.29, 0.717) is 47.7 Å². The summed E-state index contributed by atoms with van der Waals surface area (Å²) >= 11 is 6.02. The number of aliphatic carboxylic acids is 1. The fourth-order valence-corrected chi connectivity index (χ4v) is 15.0. The predicted octanol–water partition coefficient (Wildman–Crippen LogP) is 9.44. The van der Waals surface area contributed by atoms with Crippen molar-refractivity contribution in [2.24, 2.45) is 68.0 Å². The van der Waals surface area contributed by atoms with Gasteiger partial charge in [0, 0.05) is 34.4 Å². The second kappa shape index (κ2) is 15.8. The zero-order valence-electron chi connectivity index (χ0n) is 38.9. The van der Waals surface area contributed by atoms with Crippen LogP contribution in [0.1, 0.15) is 152 Å². The van der Waals surface area contributed by atoms with Crippen molar-refractivity contribution in [3.63, 3.8) is 0 Å². The summed E-state index contributed by atoms with van der Waals surface area (Å²) in [6.45, 7) is 22.5. The molecule has 0 radical (unpaired) electrons. The second-order valence-corrected chi connectivity index (χ2v) is 22.8. The van der Waals surface area contributed by atoms with Crippen molar-refractivity contribution in [1.82, 2.24) is 10.6 Å². The molecule has 5 fully saturated rings. The lowest BCUT2D eigenvalue weighted by Crippen LogP contribution is -2.66. The molecule has 6 aliphatic rings. The van der Waals surface area contributed by atoms with Gasteiger partial charge in [0.05, 0.1) is 25.3 Å². The van der Waals surface area contributed by atoms with Gasteiger partial charge in [-0.3, -0.25) is 19.2 Å². The van der Waals surface area contributed by atoms with Crippen molar-refractivity contribution in [2.45, 2.75) is 158 Å². The highest BCUT2D eigenvalue weighted by Crippen LogP contribution is 2.77. The van der Waals surface area contributed by atoms with E-state index in [1.807, 2.05) is 13.8 Å². The average molecular weight is 851 g/mol. The Balaban J connectivity index is 1.08. The van der Waals surface area contributed by atoms with Crippen LogP contribution in [-0.2, 0) is 19.1 Å². The van der Waals surface area contributed by atoms with Crippen LogP contribution in [0.5, 0.6) is 0 Å². The van der Waals surface area contributed by atoms with Gasteiger partial charge in [-0.05, 0) is 153 Å². The third-order valence-electron chi connectivity index (χ3n) is 18.6. The SMILES string of the molecule is [2H]C(CNCC[C@@]12CC[C@]3(C)[C@H](CC[C@@H]4[C@@]5(C)CC[C@H](OC(=O)[C@H]6C[C@@H](C(=O)O)C6(C)C)C(C)(C)[C@@H]5CC[C@]43C)C1=C(C(C)C)C(=O)C2)(NC(=O)c1ccc(Cl)cc1)C(C)O. The molecule has 332 valence electrons. The van der Waals surface area contributed by atoms with E-state index in [9.17, 15) is 29.4 Å². The van der Waals surface area contributed by atoms with Crippen LogP contribution in [0.4, 0.5) is 0 Å². The topological polar surface area (TPSA) is 142 Å². The lowest BCUT2D eigenvalue weighted by Gasteiger charge is -2.72. The molecule has 9 nitrogen and oxygen atoms in total. The molecule has 12 atom stereocenters. The van der Waals surface area contributed by atoms with Crippen LogP contribution in [0, 0.1) is 68.0 Å². The average Bonchev–Trinajstić information content (AvgIpc) is 3.46. The van der Waals surface area contributed by atoms with Gasteiger partial charge in [0.1, 0.15) is 6.10 Å². The highest BCUT2D eigenvalue weighted by molar-refractivity contribution is 6.30. The van der Waals surface area contributed by atoms with Crippen LogP contribution < -0.4 is 10.6 Å². The minimum absolute atomic E-state index is 0.000532. The summed E-state index contributed by atoms with van der Waals surface area (Å²) < 4.78 is 15.5. The Morgan fingerprint density at radius 2 is 1.57 bits per heavy atom. The molecule has 0 heterocycles. The number of hydrogen-bond acceptors (Lipinski definition) is 7. The normalized spacial score (nSPS) is 39.5. The van der Waals surface area contributed by atoms with Crippen molar-refractivity contribution in [2.75, 3.05) is 13.1 Å². The second-order valence-electron chi connectivity index (χ2n) is 22.4. The Bertz CT molecular complexity index is 1960. The van der Waals surface area contributed by atoms with Gasteiger partial charge in [-0.2, -0.15) is 0 Å². The number of fused-ring (bicyclic) bond motifs is 7. The van der Waals surface area contributed by atoms with Crippen LogP contribution >= 0.6 is 11.6 Å². The van der Waals surface area contributed by atoms with Gasteiger partial charge in [0.2, 0.25) is 0 Å². The number of aliphatic hydroxyl groups excluding tert-OH is 1. The maximum atomic E-state index is 14.2. The molecule has 1 aromatic rings. The number of nitrogens with one attached hydrogen (secondary N) is 2. The first kappa shape index (κ1) is 43.9. The standard InChI is InChI=1S/C50H73ClN2O7/c1-28(2)40-36(55)26-50(23-24-52-27-35(29(3)54)53-42(56)30-11-13-31(51)14-12-30)22-21-48(9)32(41(40)50)15-16-38-47(8)19-18-39(46(6,7)37(47)17-20-49(38,48)10)60-44(59)34-25-33(43(57)58)45(34,4)5/h11-14,28-29,32-35,37-39,52,54H,15-27H2,1-10H3,(H,53,56)(H,57,58)/t29?,32-,33+,34-,35?,37+,38-,39+,47+,48-,49-,50-/m1/s1/i35D. The first-order valence-corrected chi connectivity index (χ1v) is 23.3. The van der Waals surface area contributed by atoms with E-state index in [1.165, 1.54) is 12.5 Å². The number of allylic oxidation sites excluding steroid dienone is 2. The van der Waals surface area contributed by atoms with Gasteiger partial charge >= 0.3 is 11.9 Å². The molecule has 0 aromatic heterocycles. The number of rotatable bonds is 12. The minimum atomic E-state index is -1.66. The van der Waals surface area contributed by atoms with Gasteiger partial charge in [-0.25, -0.2) is 0 Å². The smallest absolute Gasteiger partial charge is 0.309 e. The third kappa shape index (κ3) is 7.11. The monoisotopic (exact) mass is 850 g/mol. The molecule has 60 heavy (non-hydrogen) atoms. The minimum Gasteiger partial charge on any atom is -0.481 e. The number of halogens is 1. The van der Waals surface area contributed by atoms with Crippen LogP contribution in [-0.4, -0.2) is 65.2 Å². The number of Topliss-reactive ketones (excluding diaryl/α,β-unsaturated/α-hetero) is 1. The molecule has 0 bridgehead atoms. The number of ether oxygens (including phenoxy) is 1. The van der Waals surface area contributed by atoms with Gasteiger partial charge in [-0.15, -0.1) is 0 Å². The fourth-order valence-electron chi connectivity index (χ4n) is 14.9. The molecule has 0 spiro atoms. The van der Waals surface area contributed by atoms with Crippen molar-refractivity contribution in [3.8, 4) is 0 Å². The lowest BCUT2D eigenvalue weighted by atomic mass is 9.33. The maximum Gasteiger partial charge on any atom is 0.309 e. The van der Waals surface area contributed by atoms with E-state index in [4.69, 9.17) is 17.7 Å². The summed E-state index contributed by atoms with van der Waals surface area (Å²) in [6, 6.07) is 4.79. The molecule has 1 amide bonds. The maximum absolute atomic E-state index is 14.2. The molecule has 0 saturated heterocycles. The molecule has 1 aromatic carbocycles. The summed E-state index contributed by atoms with van der Waals surface area (Å²) in [5, 5.41) is 27.1. The number of carboxylic acid groups (broad SMARTS) is 1. The molecule has 5 saturated carbocycles. The van der Waals surface area contributed by atoms with Crippen molar-refractivity contribution in [1.29, 1.82) is 0 Å². The summed E-state index contributed by atoms with van der Waals surface area (Å²) in [4.78, 5) is 52.8. The largest absolute Gasteiger partial charge is 0.481 e. The molecular formula is C50H73ClN2O7. The van der Waals surface area contributed by atoms with Gasteiger partial charge in [0.15, 0.2) is 5.78 Å². The first-order chi connectivity index (χ1) is 28.3. The Kier molecular flexibility index (Phi) is 11.6. The summed E-state index contributed by atoms with van der Waals surface area (Å²) in [5.41, 5.74) is 1.81. The van der Waals surface area contributed by atoms with E-state index in [2.05, 4.69) is 59.1 Å². The van der Waals surface area contributed by atoms with Gasteiger partial charge in [-0.1, -0.05) is 79.5 Å². The number of carbonyl (C=O) groups is 4. The zero-order valence-corrected chi connectivity index (χ0v) is 38.7. The molecule has 0 aliphatic heterocycles. The lowest BCUT2D eigenvalue weighted by molar-refractivity contribution is -0.236. The predicted molar refractivity (Wildman–Crippen MR) is 234 cm³/mol. The number of amides is 1. The van der Waals surface area contributed by atoms with Gasteiger partial charge < -0.3 is 25.6 Å². The van der Waals surface area contributed by atoms with Crippen LogP contribution in [0.2, 0.25) is 5.02 Å². The Hall–Kier alpha value is -2.75. The summed E-state index contributed by atoms with van der Waals surface area (Å²) in [5.74, 6) is -0.886. The van der Waals surface area contributed by atoms with Gasteiger partial charge in [0.25, 0.3) is 5.91 Å². The van der Waals surface area contributed by atoms with Crippen molar-refractivity contribution >= 4 is 35.2 Å². The summed E-state index contributed by atoms with van der Waals surface area (Å²) in [6.07, 6.45) is 8.31.